The highest BCUT2D eigenvalue weighted by atomic mass is 16.6. The van der Waals surface area contributed by atoms with Gasteiger partial charge in [0.1, 0.15) is 6.33 Å². The summed E-state index contributed by atoms with van der Waals surface area (Å²) in [6.07, 6.45) is 3.22. The van der Waals surface area contributed by atoms with Crippen molar-refractivity contribution in [3.8, 4) is 5.82 Å². The summed E-state index contributed by atoms with van der Waals surface area (Å²) < 4.78 is 3.15. The molecule has 23 heavy (non-hydrogen) atoms. The average molecular weight is 307 g/mol. The summed E-state index contributed by atoms with van der Waals surface area (Å²) in [5.74, 6) is 0.199. The SMILES string of the molecule is Cc1cc2ncn(-c3nc4ccccn4c3[N+](=O)[O-])c2cc1C. The van der Waals surface area contributed by atoms with Gasteiger partial charge in [-0.1, -0.05) is 6.07 Å². The summed E-state index contributed by atoms with van der Waals surface area (Å²) in [5, 5.41) is 11.6. The molecule has 114 valence electrons. The van der Waals surface area contributed by atoms with Gasteiger partial charge < -0.3 is 10.1 Å². The Morgan fingerprint density at radius 2 is 1.96 bits per heavy atom. The van der Waals surface area contributed by atoms with Crippen LogP contribution in [-0.4, -0.2) is 23.9 Å². The number of nitrogens with zero attached hydrogens (tertiary/aromatic N) is 5. The second-order valence-corrected chi connectivity index (χ2v) is 5.48. The molecule has 0 spiro atoms. The molecule has 4 rings (SSSR count). The molecule has 7 nitrogen and oxygen atoms in total. The van der Waals surface area contributed by atoms with Crippen molar-refractivity contribution >= 4 is 22.5 Å². The predicted octanol–water partition coefficient (Wildman–Crippen LogP) is 3.20. The van der Waals surface area contributed by atoms with Crippen LogP contribution in [0.25, 0.3) is 22.5 Å². The molecule has 0 aliphatic carbocycles. The molecular formula is C16H13N5O2. The zero-order valence-electron chi connectivity index (χ0n) is 12.6. The minimum atomic E-state index is -0.414. The van der Waals surface area contributed by atoms with Gasteiger partial charge in [-0.2, -0.15) is 9.38 Å². The topological polar surface area (TPSA) is 78.3 Å². The van der Waals surface area contributed by atoms with E-state index in [4.69, 9.17) is 0 Å². The van der Waals surface area contributed by atoms with Gasteiger partial charge >= 0.3 is 5.82 Å². The van der Waals surface area contributed by atoms with Gasteiger partial charge in [-0.3, -0.25) is 4.57 Å². The fraction of sp³-hybridized carbons (Fsp3) is 0.125. The Labute approximate surface area is 131 Å². The number of pyridine rings is 1. The number of aryl methyl sites for hydroxylation is 2. The number of nitro groups is 1. The lowest BCUT2D eigenvalue weighted by atomic mass is 10.1. The minimum absolute atomic E-state index is 0.0712. The van der Waals surface area contributed by atoms with Gasteiger partial charge in [-0.05, 0) is 48.1 Å². The van der Waals surface area contributed by atoms with E-state index in [0.717, 1.165) is 22.2 Å². The number of hydrogen-bond acceptors (Lipinski definition) is 4. The van der Waals surface area contributed by atoms with E-state index in [1.807, 2.05) is 26.0 Å². The second kappa shape index (κ2) is 4.64. The van der Waals surface area contributed by atoms with Gasteiger partial charge in [-0.15, -0.1) is 0 Å². The Kier molecular flexibility index (Phi) is 2.71. The van der Waals surface area contributed by atoms with Crippen LogP contribution in [0.15, 0.2) is 42.9 Å². The quantitative estimate of drug-likeness (QED) is 0.421. The first-order chi connectivity index (χ1) is 11.1. The molecule has 1 aromatic carbocycles. The van der Waals surface area contributed by atoms with E-state index >= 15 is 0 Å². The first-order valence-electron chi connectivity index (χ1n) is 7.12. The van der Waals surface area contributed by atoms with E-state index in [9.17, 15) is 10.1 Å². The molecule has 0 atom stereocenters. The van der Waals surface area contributed by atoms with Crippen molar-refractivity contribution in [2.45, 2.75) is 13.8 Å². The van der Waals surface area contributed by atoms with Crippen LogP contribution in [0.4, 0.5) is 5.82 Å². The van der Waals surface area contributed by atoms with E-state index in [1.54, 1.807) is 35.3 Å². The van der Waals surface area contributed by atoms with Crippen LogP contribution in [0.5, 0.6) is 0 Å². The molecular weight excluding hydrogens is 294 g/mol. The Morgan fingerprint density at radius 3 is 2.74 bits per heavy atom. The Bertz CT molecular complexity index is 1080. The monoisotopic (exact) mass is 307 g/mol. The largest absolute Gasteiger partial charge is 0.373 e. The van der Waals surface area contributed by atoms with Crippen molar-refractivity contribution < 1.29 is 4.92 Å². The van der Waals surface area contributed by atoms with Gasteiger partial charge in [0.25, 0.3) is 0 Å². The zero-order chi connectivity index (χ0) is 16.1. The number of benzene rings is 1. The van der Waals surface area contributed by atoms with Gasteiger partial charge in [0.2, 0.25) is 11.5 Å². The molecule has 0 saturated heterocycles. The normalized spacial score (nSPS) is 11.4. The summed E-state index contributed by atoms with van der Waals surface area (Å²) in [4.78, 5) is 19.9. The van der Waals surface area contributed by atoms with Crippen LogP contribution in [0, 0.1) is 24.0 Å². The summed E-state index contributed by atoms with van der Waals surface area (Å²) in [6.45, 7) is 4.02. The maximum atomic E-state index is 11.6. The highest BCUT2D eigenvalue weighted by molar-refractivity contribution is 5.80. The molecule has 7 heteroatoms. The molecule has 0 N–H and O–H groups in total. The van der Waals surface area contributed by atoms with Crippen molar-refractivity contribution in [1.82, 2.24) is 18.9 Å². The van der Waals surface area contributed by atoms with Crippen molar-refractivity contribution in [3.05, 3.63) is 64.1 Å². The fourth-order valence-corrected chi connectivity index (χ4v) is 2.73. The van der Waals surface area contributed by atoms with Gasteiger partial charge in [0, 0.05) is 6.07 Å². The summed E-state index contributed by atoms with van der Waals surface area (Å²) in [6, 6.07) is 9.24. The Hall–Kier alpha value is -3.22. The minimum Gasteiger partial charge on any atom is -0.358 e. The lowest BCUT2D eigenvalue weighted by molar-refractivity contribution is -0.390. The molecule has 3 heterocycles. The van der Waals surface area contributed by atoms with Crippen molar-refractivity contribution in [2.75, 3.05) is 0 Å². The lowest BCUT2D eigenvalue weighted by Crippen LogP contribution is -2.00. The molecule has 0 radical (unpaired) electrons. The van der Waals surface area contributed by atoms with Crippen LogP contribution in [0.2, 0.25) is 0 Å². The third kappa shape index (κ3) is 1.90. The third-order valence-corrected chi connectivity index (χ3v) is 4.05. The van der Waals surface area contributed by atoms with Crippen LogP contribution < -0.4 is 0 Å². The second-order valence-electron chi connectivity index (χ2n) is 5.48. The number of fused-ring (bicyclic) bond motifs is 2. The molecule has 0 unspecified atom stereocenters. The summed E-state index contributed by atoms with van der Waals surface area (Å²) in [7, 11) is 0. The van der Waals surface area contributed by atoms with Crippen LogP contribution in [0.3, 0.4) is 0 Å². The van der Waals surface area contributed by atoms with Crippen LogP contribution in [0.1, 0.15) is 11.1 Å². The average Bonchev–Trinajstić information content (AvgIpc) is 3.08. The lowest BCUT2D eigenvalue weighted by Gasteiger charge is -2.03. The predicted molar refractivity (Wildman–Crippen MR) is 85.9 cm³/mol. The summed E-state index contributed by atoms with van der Waals surface area (Å²) >= 11 is 0. The third-order valence-electron chi connectivity index (χ3n) is 4.05. The smallest absolute Gasteiger partial charge is 0.358 e. The first-order valence-corrected chi connectivity index (χ1v) is 7.12. The van der Waals surface area contributed by atoms with E-state index in [-0.39, 0.29) is 11.6 Å². The first kappa shape index (κ1) is 13.4. The molecule has 0 bridgehead atoms. The Morgan fingerprint density at radius 1 is 1.17 bits per heavy atom. The molecule has 0 aliphatic rings. The number of rotatable bonds is 2. The molecule has 4 aromatic rings. The number of imidazole rings is 2. The highest BCUT2D eigenvalue weighted by Gasteiger charge is 2.25. The zero-order valence-corrected chi connectivity index (χ0v) is 12.6. The van der Waals surface area contributed by atoms with Crippen molar-refractivity contribution in [3.63, 3.8) is 0 Å². The van der Waals surface area contributed by atoms with Crippen LogP contribution in [-0.2, 0) is 0 Å². The van der Waals surface area contributed by atoms with Crippen LogP contribution >= 0.6 is 0 Å². The van der Waals surface area contributed by atoms with Gasteiger partial charge in [0.15, 0.2) is 0 Å². The molecule has 0 aliphatic heterocycles. The van der Waals surface area contributed by atoms with E-state index in [2.05, 4.69) is 9.97 Å². The van der Waals surface area contributed by atoms with Crippen molar-refractivity contribution in [1.29, 1.82) is 0 Å². The highest BCUT2D eigenvalue weighted by Crippen LogP contribution is 2.28. The summed E-state index contributed by atoms with van der Waals surface area (Å²) in [5.41, 5.74) is 4.36. The van der Waals surface area contributed by atoms with Gasteiger partial charge in [-0.25, -0.2) is 4.98 Å². The molecule has 3 aromatic heterocycles. The number of hydrogen-bond donors (Lipinski definition) is 0. The number of aromatic nitrogens is 4. The maximum absolute atomic E-state index is 11.6. The van der Waals surface area contributed by atoms with E-state index < -0.39 is 4.92 Å². The maximum Gasteiger partial charge on any atom is 0.373 e. The fourth-order valence-electron chi connectivity index (χ4n) is 2.73. The molecule has 0 saturated carbocycles. The molecule has 0 fully saturated rings. The van der Waals surface area contributed by atoms with E-state index in [1.165, 1.54) is 4.40 Å². The Balaban J connectivity index is 2.08. The molecule has 0 amide bonds. The van der Waals surface area contributed by atoms with Crippen molar-refractivity contribution in [2.24, 2.45) is 0 Å². The standard InChI is InChI=1S/C16H13N5O2/c1-10-7-12-13(8-11(10)2)20(9-17-12)15-16(21(22)23)19-6-4-3-5-14(19)18-15/h3-9H,1-2H3. The van der Waals surface area contributed by atoms with E-state index in [0.29, 0.717) is 5.65 Å². The van der Waals surface area contributed by atoms with Gasteiger partial charge in [0.05, 0.1) is 17.2 Å².